The third kappa shape index (κ3) is 2.54. The van der Waals surface area contributed by atoms with E-state index >= 15 is 0 Å². The van der Waals surface area contributed by atoms with E-state index in [9.17, 15) is 4.79 Å². The number of halogens is 1. The van der Waals surface area contributed by atoms with Gasteiger partial charge in [-0.1, -0.05) is 19.9 Å². The van der Waals surface area contributed by atoms with Gasteiger partial charge in [0.1, 0.15) is 5.75 Å². The molecule has 1 amide bonds. The van der Waals surface area contributed by atoms with Crippen LogP contribution in [0.1, 0.15) is 51.7 Å². The number of hydrogen-bond acceptors (Lipinski definition) is 3. The van der Waals surface area contributed by atoms with Crippen molar-refractivity contribution in [3.8, 4) is 5.75 Å². The number of carbonyl (C=O) groups excluding carboxylic acids is 1. The van der Waals surface area contributed by atoms with Crippen molar-refractivity contribution in [2.45, 2.75) is 52.2 Å². The molecule has 0 aromatic heterocycles. The number of carbonyl (C=O) groups is 1. The zero-order valence-corrected chi connectivity index (χ0v) is 17.6. The molecular weight excluding hydrogens is 394 g/mol. The summed E-state index contributed by atoms with van der Waals surface area (Å²) in [4.78, 5) is 11.9. The van der Waals surface area contributed by atoms with Crippen molar-refractivity contribution < 1.29 is 14.3 Å². The third-order valence-electron chi connectivity index (χ3n) is 7.36. The Labute approximate surface area is 164 Å². The van der Waals surface area contributed by atoms with Gasteiger partial charge in [-0.25, -0.2) is 0 Å². The molecular formula is C21H28BrNO3. The topological polar surface area (TPSA) is 47.6 Å². The Hall–Kier alpha value is -1.07. The van der Waals surface area contributed by atoms with Crippen LogP contribution in [0, 0.1) is 22.7 Å². The molecule has 1 aliphatic heterocycles. The van der Waals surface area contributed by atoms with E-state index in [1.807, 2.05) is 6.07 Å². The second kappa shape index (κ2) is 6.23. The lowest BCUT2D eigenvalue weighted by atomic mass is 9.59. The van der Waals surface area contributed by atoms with Gasteiger partial charge in [0.2, 0.25) is 5.91 Å². The Morgan fingerprint density at radius 3 is 2.81 bits per heavy atom. The van der Waals surface area contributed by atoms with Crippen molar-refractivity contribution >= 4 is 21.8 Å². The Kier molecular flexibility index (Phi) is 4.39. The van der Waals surface area contributed by atoms with E-state index in [0.717, 1.165) is 23.2 Å². The number of nitrogens with one attached hydrogen (secondary N) is 1. The van der Waals surface area contributed by atoms with Crippen LogP contribution in [0.15, 0.2) is 22.7 Å². The number of methoxy groups -OCH3 is 1. The number of rotatable bonds is 3. The highest BCUT2D eigenvalue weighted by molar-refractivity contribution is 9.10. The van der Waals surface area contributed by atoms with Gasteiger partial charge in [0.15, 0.2) is 0 Å². The predicted octanol–water partition coefficient (Wildman–Crippen LogP) is 4.48. The van der Waals surface area contributed by atoms with Gasteiger partial charge >= 0.3 is 0 Å². The lowest BCUT2D eigenvalue weighted by Gasteiger charge is -2.53. The molecule has 5 atom stereocenters. The van der Waals surface area contributed by atoms with Gasteiger partial charge in [-0.05, 0) is 75.6 Å². The monoisotopic (exact) mass is 421 g/mol. The van der Waals surface area contributed by atoms with Crippen molar-refractivity contribution in [3.05, 3.63) is 28.2 Å². The van der Waals surface area contributed by atoms with Crippen LogP contribution in [-0.4, -0.2) is 25.7 Å². The number of benzene rings is 1. The van der Waals surface area contributed by atoms with Crippen molar-refractivity contribution in [2.75, 3.05) is 13.7 Å². The Morgan fingerprint density at radius 1 is 1.38 bits per heavy atom. The first-order chi connectivity index (χ1) is 12.3. The summed E-state index contributed by atoms with van der Waals surface area (Å²) in [5.74, 6) is 2.00. The fourth-order valence-corrected chi connectivity index (χ4v) is 6.74. The molecule has 2 bridgehead atoms. The van der Waals surface area contributed by atoms with Crippen molar-refractivity contribution in [3.63, 3.8) is 0 Å². The summed E-state index contributed by atoms with van der Waals surface area (Å²) in [7, 11) is 1.68. The average Bonchev–Trinajstić information content (AvgIpc) is 3.07. The average molecular weight is 422 g/mol. The van der Waals surface area contributed by atoms with Crippen LogP contribution in [-0.2, 0) is 9.53 Å². The lowest BCUT2D eigenvalue weighted by molar-refractivity contribution is -0.136. The number of hydrogen-bond donors (Lipinski definition) is 1. The molecule has 4 nitrogen and oxygen atoms in total. The Bertz CT molecular complexity index is 734. The van der Waals surface area contributed by atoms with E-state index in [-0.39, 0.29) is 28.9 Å². The van der Waals surface area contributed by atoms with Crippen molar-refractivity contribution in [1.82, 2.24) is 5.32 Å². The molecule has 2 saturated carbocycles. The SMILES string of the molecule is COc1ccc([C@H]2OCCC34C[C@@H](C[C@H]23)C(C)(C)[C@@H]4NC(C)=O)cc1Br. The normalized spacial score (nSPS) is 37.3. The standard InChI is InChI=1S/C21H28BrNO3/c1-12(24)23-19-20(2,3)14-10-15-18(26-8-7-21(15,19)11-14)13-5-6-17(25-4)16(22)9-13/h5-6,9,14-15,18-19H,7-8,10-11H2,1-4H3,(H,23,24)/t14-,15-,18-,19+,21?/m1/s1. The summed E-state index contributed by atoms with van der Waals surface area (Å²) in [5.41, 5.74) is 1.49. The first-order valence-electron chi connectivity index (χ1n) is 9.52. The lowest BCUT2D eigenvalue weighted by Crippen LogP contribution is -2.58. The fourth-order valence-electron chi connectivity index (χ4n) is 6.18. The van der Waals surface area contributed by atoms with Crippen LogP contribution in [0.4, 0.5) is 0 Å². The second-order valence-electron chi connectivity index (χ2n) is 8.87. The van der Waals surface area contributed by atoms with E-state index in [1.165, 1.54) is 18.4 Å². The first-order valence-corrected chi connectivity index (χ1v) is 10.3. The molecule has 1 saturated heterocycles. The minimum Gasteiger partial charge on any atom is -0.496 e. The van der Waals surface area contributed by atoms with E-state index in [2.05, 4.69) is 47.2 Å². The maximum Gasteiger partial charge on any atom is 0.217 e. The molecule has 26 heavy (non-hydrogen) atoms. The quantitative estimate of drug-likeness (QED) is 0.782. The highest BCUT2D eigenvalue weighted by Crippen LogP contribution is 2.70. The highest BCUT2D eigenvalue weighted by atomic mass is 79.9. The summed E-state index contributed by atoms with van der Waals surface area (Å²) in [6, 6.07) is 6.49. The van der Waals surface area contributed by atoms with Crippen LogP contribution in [0.3, 0.4) is 0 Å². The molecule has 0 radical (unpaired) electrons. The van der Waals surface area contributed by atoms with Crippen molar-refractivity contribution in [2.24, 2.45) is 22.7 Å². The largest absolute Gasteiger partial charge is 0.496 e. The summed E-state index contributed by atoms with van der Waals surface area (Å²) < 4.78 is 12.6. The summed E-state index contributed by atoms with van der Waals surface area (Å²) >= 11 is 3.61. The molecule has 1 heterocycles. The molecule has 3 fully saturated rings. The van der Waals surface area contributed by atoms with Gasteiger partial charge in [-0.3, -0.25) is 4.79 Å². The minimum atomic E-state index is 0.0824. The smallest absolute Gasteiger partial charge is 0.217 e. The zero-order chi connectivity index (χ0) is 18.7. The fraction of sp³-hybridized carbons (Fsp3) is 0.667. The van der Waals surface area contributed by atoms with Crippen molar-refractivity contribution in [1.29, 1.82) is 0 Å². The summed E-state index contributed by atoms with van der Waals surface area (Å²) in [5, 5.41) is 3.33. The molecule has 2 aliphatic carbocycles. The van der Waals surface area contributed by atoms with Crippen LogP contribution in [0.5, 0.6) is 5.75 Å². The molecule has 1 aromatic rings. The molecule has 1 unspecified atom stereocenters. The molecule has 1 N–H and O–H groups in total. The maximum atomic E-state index is 11.9. The van der Waals surface area contributed by atoms with Gasteiger partial charge in [0.05, 0.1) is 17.7 Å². The Morgan fingerprint density at radius 2 is 2.15 bits per heavy atom. The molecule has 4 rings (SSSR count). The van der Waals surface area contributed by atoms with Crippen LogP contribution in [0.2, 0.25) is 0 Å². The summed E-state index contributed by atoms with van der Waals surface area (Å²) in [6.45, 7) is 7.06. The first kappa shape index (κ1) is 18.3. The van der Waals surface area contributed by atoms with Gasteiger partial charge in [-0.15, -0.1) is 0 Å². The number of fused-ring (bicyclic) bond motifs is 1. The van der Waals surface area contributed by atoms with Gasteiger partial charge in [0, 0.05) is 19.6 Å². The maximum absolute atomic E-state index is 11.9. The number of ether oxygens (including phenoxy) is 2. The van der Waals surface area contributed by atoms with Crippen LogP contribution >= 0.6 is 15.9 Å². The molecule has 5 heteroatoms. The van der Waals surface area contributed by atoms with E-state index in [4.69, 9.17) is 9.47 Å². The van der Waals surface area contributed by atoms with Gasteiger partial charge in [0.25, 0.3) is 0 Å². The van der Waals surface area contributed by atoms with Gasteiger partial charge < -0.3 is 14.8 Å². The Balaban J connectivity index is 1.70. The third-order valence-corrected chi connectivity index (χ3v) is 7.98. The van der Waals surface area contributed by atoms with E-state index < -0.39 is 0 Å². The van der Waals surface area contributed by atoms with Gasteiger partial charge in [-0.2, -0.15) is 0 Å². The molecule has 3 aliphatic rings. The molecule has 1 spiro atoms. The molecule has 142 valence electrons. The second-order valence-corrected chi connectivity index (χ2v) is 9.72. The van der Waals surface area contributed by atoms with Crippen LogP contribution in [0.25, 0.3) is 0 Å². The minimum absolute atomic E-state index is 0.0824. The zero-order valence-electron chi connectivity index (χ0n) is 16.0. The van der Waals surface area contributed by atoms with E-state index in [1.54, 1.807) is 14.0 Å². The number of amides is 1. The summed E-state index contributed by atoms with van der Waals surface area (Å²) in [6.07, 6.45) is 3.50. The van der Waals surface area contributed by atoms with E-state index in [0.29, 0.717) is 11.8 Å². The molecule has 1 aromatic carbocycles. The highest BCUT2D eigenvalue weighted by Gasteiger charge is 2.68. The predicted molar refractivity (Wildman–Crippen MR) is 104 cm³/mol. The van der Waals surface area contributed by atoms with Crippen LogP contribution < -0.4 is 10.1 Å².